The Morgan fingerprint density at radius 3 is 1.11 bits per heavy atom. The molecule has 0 saturated heterocycles. The monoisotopic (exact) mass is 1010 g/mol. The summed E-state index contributed by atoms with van der Waals surface area (Å²) in [5, 5.41) is 78.3. The van der Waals surface area contributed by atoms with E-state index < -0.39 is 128 Å². The minimum absolute atomic E-state index is 0.130. The molecule has 10 N–H and O–H groups in total. The molecule has 7 aromatic rings. The van der Waals surface area contributed by atoms with Crippen LogP contribution in [0.2, 0.25) is 0 Å². The van der Waals surface area contributed by atoms with E-state index in [2.05, 4.69) is 31.1 Å². The third kappa shape index (κ3) is 10.7. The summed E-state index contributed by atoms with van der Waals surface area (Å²) in [5.41, 5.74) is -5.69. The van der Waals surface area contributed by atoms with E-state index in [1.54, 1.807) is 0 Å². The number of benzene rings is 6. The first-order valence-corrected chi connectivity index (χ1v) is 22.0. The first kappa shape index (κ1) is 49.1. The van der Waals surface area contributed by atoms with E-state index in [1.165, 1.54) is 12.1 Å². The topological polar surface area (TPSA) is 436 Å². The lowest BCUT2D eigenvalue weighted by Gasteiger charge is -2.12. The number of phenols is 2. The Morgan fingerprint density at radius 2 is 0.803 bits per heavy atom. The number of nitrogens with zero attached hydrogens (tertiary/aromatic N) is 4. The summed E-state index contributed by atoms with van der Waals surface area (Å²) in [6.45, 7) is 0. The zero-order chi connectivity index (χ0) is 51.9. The molecule has 71 heavy (non-hydrogen) atoms. The standard InChI is InChI=1S/C43H26N6O20S2/c50-27-15-30(38(53)44-23-1-3-28-17(7-23)13-32(70(63,64)65)34(36(28)51)48-46-25-9-19(40(55)56)5-20(10-25)41(57)58)69-31(16-27)39(54)45-24-2-4-29-18(8-24)14-33(71(66,67)68)35(37(29)52)49-47-26-11-21(42(59)60)6-22(12-26)43(61)62/h1-16,51-52H,(H,44,53)(H,45,54)(H,55,56)(H,57,58)(H,59,60)(H,61,62)(H,63,64,65)(H,66,67,68). The van der Waals surface area contributed by atoms with E-state index in [-0.39, 0.29) is 44.3 Å². The summed E-state index contributed by atoms with van der Waals surface area (Å²) < 4.78 is 75.2. The van der Waals surface area contributed by atoms with Crippen LogP contribution in [-0.2, 0) is 20.2 Å². The SMILES string of the molecule is O=C(O)c1cc(N=Nc2c(S(=O)(=O)O)cc3cc(NC(=O)c4cc(=O)cc(C(=O)Nc5ccc6c(O)c(N=Nc7cc(C(=O)O)cc(C(=O)O)c7)c(S(=O)(=O)O)cc6c5)o4)ccc3c2O)cc(C(=O)O)c1. The van der Waals surface area contributed by atoms with Crippen LogP contribution >= 0.6 is 0 Å². The normalized spacial score (nSPS) is 11.8. The summed E-state index contributed by atoms with van der Waals surface area (Å²) in [5.74, 6) is -11.7. The fraction of sp³-hybridized carbons (Fsp3) is 0. The van der Waals surface area contributed by atoms with Crippen molar-refractivity contribution in [2.24, 2.45) is 20.5 Å². The van der Waals surface area contributed by atoms with Gasteiger partial charge >= 0.3 is 23.9 Å². The van der Waals surface area contributed by atoms with Crippen LogP contribution in [0.25, 0.3) is 21.5 Å². The molecule has 0 bridgehead atoms. The third-order valence-electron chi connectivity index (χ3n) is 9.74. The molecule has 360 valence electrons. The average molecular weight is 1010 g/mol. The van der Waals surface area contributed by atoms with Gasteiger partial charge in [0.1, 0.15) is 21.2 Å². The molecule has 0 spiro atoms. The molecule has 28 heteroatoms. The van der Waals surface area contributed by atoms with Crippen LogP contribution in [0.5, 0.6) is 11.5 Å². The maximum Gasteiger partial charge on any atom is 0.335 e. The molecule has 0 fully saturated rings. The number of aromatic carboxylic acids is 4. The third-order valence-corrected chi connectivity index (χ3v) is 11.5. The number of fused-ring (bicyclic) bond motifs is 2. The number of aromatic hydroxyl groups is 2. The van der Waals surface area contributed by atoms with Gasteiger partial charge in [-0.25, -0.2) is 19.2 Å². The lowest BCUT2D eigenvalue weighted by atomic mass is 10.1. The summed E-state index contributed by atoms with van der Waals surface area (Å²) in [4.78, 5) is 83.3. The van der Waals surface area contributed by atoms with Gasteiger partial charge in [-0.1, -0.05) is 0 Å². The smallest absolute Gasteiger partial charge is 0.335 e. The quantitative estimate of drug-likeness (QED) is 0.0388. The van der Waals surface area contributed by atoms with Crippen molar-refractivity contribution in [2.45, 2.75) is 9.79 Å². The molecule has 1 aromatic heterocycles. The van der Waals surface area contributed by atoms with Gasteiger partial charge in [-0.2, -0.15) is 27.1 Å². The Bertz CT molecular complexity index is 3580. The second kappa shape index (κ2) is 18.7. The molecular weight excluding hydrogens is 985 g/mol. The molecule has 2 amide bonds. The van der Waals surface area contributed by atoms with Crippen molar-refractivity contribution in [3.05, 3.63) is 141 Å². The molecule has 0 saturated carbocycles. The number of rotatable bonds is 14. The molecule has 0 radical (unpaired) electrons. The Hall–Kier alpha value is -9.77. The van der Waals surface area contributed by atoms with Gasteiger partial charge in [0.05, 0.1) is 33.6 Å². The van der Waals surface area contributed by atoms with Gasteiger partial charge in [-0.15, -0.1) is 10.2 Å². The second-order valence-corrected chi connectivity index (χ2v) is 17.3. The van der Waals surface area contributed by atoms with E-state index in [0.717, 1.165) is 72.8 Å². The fourth-order valence-electron chi connectivity index (χ4n) is 6.58. The summed E-state index contributed by atoms with van der Waals surface area (Å²) in [6, 6.07) is 15.2. The first-order valence-electron chi connectivity index (χ1n) is 19.2. The summed E-state index contributed by atoms with van der Waals surface area (Å²) >= 11 is 0. The van der Waals surface area contributed by atoms with Crippen LogP contribution in [0, 0.1) is 0 Å². The molecule has 0 aliphatic heterocycles. The van der Waals surface area contributed by atoms with Crippen molar-refractivity contribution in [3.8, 4) is 11.5 Å². The zero-order valence-electron chi connectivity index (χ0n) is 34.8. The molecule has 1 heterocycles. The van der Waals surface area contributed by atoms with Gasteiger partial charge in [-0.3, -0.25) is 23.5 Å². The number of carbonyl (C=O) groups excluding carboxylic acids is 2. The number of hydrogen-bond donors (Lipinski definition) is 10. The number of phenolic OH excluding ortho intramolecular Hbond substituents is 2. The van der Waals surface area contributed by atoms with Crippen LogP contribution in [0.4, 0.5) is 34.1 Å². The van der Waals surface area contributed by atoms with Crippen molar-refractivity contribution in [1.82, 2.24) is 0 Å². The Balaban J connectivity index is 1.14. The van der Waals surface area contributed by atoms with Gasteiger partial charge in [0.15, 0.2) is 28.4 Å². The van der Waals surface area contributed by atoms with Crippen LogP contribution in [0.1, 0.15) is 62.5 Å². The Kier molecular flexibility index (Phi) is 13.0. The number of nitrogens with one attached hydrogen (secondary N) is 2. The van der Waals surface area contributed by atoms with Crippen molar-refractivity contribution in [2.75, 3.05) is 10.6 Å². The van der Waals surface area contributed by atoms with E-state index in [4.69, 9.17) is 4.42 Å². The first-order chi connectivity index (χ1) is 33.3. The largest absolute Gasteiger partial charge is 0.505 e. The maximum atomic E-state index is 13.3. The van der Waals surface area contributed by atoms with Gasteiger partial charge in [-0.05, 0) is 95.7 Å². The van der Waals surface area contributed by atoms with Crippen LogP contribution < -0.4 is 16.1 Å². The van der Waals surface area contributed by atoms with Gasteiger partial charge in [0.2, 0.25) is 0 Å². The summed E-state index contributed by atoms with van der Waals surface area (Å²) in [6.07, 6.45) is 0. The minimum Gasteiger partial charge on any atom is -0.505 e. The van der Waals surface area contributed by atoms with Crippen LogP contribution in [0.3, 0.4) is 0 Å². The maximum absolute atomic E-state index is 13.3. The molecule has 7 rings (SSSR count). The molecule has 0 aliphatic rings. The predicted molar refractivity (Wildman–Crippen MR) is 241 cm³/mol. The highest BCUT2D eigenvalue weighted by atomic mass is 32.2. The number of carbonyl (C=O) groups is 6. The van der Waals surface area contributed by atoms with Crippen LogP contribution in [0.15, 0.2) is 137 Å². The van der Waals surface area contributed by atoms with E-state index in [1.807, 2.05) is 0 Å². The highest BCUT2D eigenvalue weighted by molar-refractivity contribution is 7.86. The zero-order valence-corrected chi connectivity index (χ0v) is 36.5. The van der Waals surface area contributed by atoms with Crippen molar-refractivity contribution < 1.29 is 89.8 Å². The molecular formula is C43H26N6O20S2. The van der Waals surface area contributed by atoms with E-state index in [0.29, 0.717) is 12.1 Å². The van der Waals surface area contributed by atoms with Gasteiger partial charge < -0.3 is 45.7 Å². The predicted octanol–water partition coefficient (Wildman–Crippen LogP) is 6.98. The summed E-state index contributed by atoms with van der Waals surface area (Å²) in [7, 11) is -10.4. The lowest BCUT2D eigenvalue weighted by molar-refractivity contribution is 0.0676. The highest BCUT2D eigenvalue weighted by Gasteiger charge is 2.25. The van der Waals surface area contributed by atoms with Crippen molar-refractivity contribution in [1.29, 1.82) is 0 Å². The number of azo groups is 2. The van der Waals surface area contributed by atoms with Crippen molar-refractivity contribution >= 4 is 112 Å². The number of amides is 2. The lowest BCUT2D eigenvalue weighted by Crippen LogP contribution is -2.19. The van der Waals surface area contributed by atoms with E-state index in [9.17, 15) is 90.1 Å². The van der Waals surface area contributed by atoms with E-state index >= 15 is 0 Å². The number of carboxylic acids is 4. The van der Waals surface area contributed by atoms with Crippen LogP contribution in [-0.4, -0.2) is 92.3 Å². The molecule has 6 aromatic carbocycles. The second-order valence-electron chi connectivity index (χ2n) is 14.6. The fourth-order valence-corrected chi connectivity index (χ4v) is 7.89. The minimum atomic E-state index is -5.21. The van der Waals surface area contributed by atoms with Gasteiger partial charge in [0.25, 0.3) is 32.1 Å². The molecule has 26 nitrogen and oxygen atoms in total. The highest BCUT2D eigenvalue weighted by Crippen LogP contribution is 2.44. The Morgan fingerprint density at radius 1 is 0.465 bits per heavy atom. The number of anilines is 2. The molecule has 0 atom stereocenters. The Labute approximate surface area is 393 Å². The average Bonchev–Trinajstić information content (AvgIpc) is 3.29. The van der Waals surface area contributed by atoms with Gasteiger partial charge in [0, 0.05) is 34.3 Å². The van der Waals surface area contributed by atoms with Crippen molar-refractivity contribution in [3.63, 3.8) is 0 Å². The molecule has 0 aliphatic carbocycles. The number of hydrogen-bond acceptors (Lipinski definition) is 18. The number of carboxylic acid groups (broad SMARTS) is 4. The molecule has 0 unspecified atom stereocenters.